The number of aromatic nitrogens is 3. The van der Waals surface area contributed by atoms with Gasteiger partial charge in [-0.1, -0.05) is 37.2 Å². The number of aryl methyl sites for hydroxylation is 1. The van der Waals surface area contributed by atoms with Crippen LogP contribution in [0.1, 0.15) is 37.8 Å². The van der Waals surface area contributed by atoms with Gasteiger partial charge in [-0.05, 0) is 36.1 Å². The molecule has 0 aliphatic rings. The second-order valence-corrected chi connectivity index (χ2v) is 6.69. The maximum absolute atomic E-state index is 12.4. The van der Waals surface area contributed by atoms with Gasteiger partial charge in [0.15, 0.2) is 0 Å². The van der Waals surface area contributed by atoms with Crippen molar-refractivity contribution in [2.75, 3.05) is 5.73 Å². The van der Waals surface area contributed by atoms with Gasteiger partial charge >= 0.3 is 0 Å². The van der Waals surface area contributed by atoms with Crippen LogP contribution in [0.15, 0.2) is 53.3 Å². The summed E-state index contributed by atoms with van der Waals surface area (Å²) in [7, 11) is 0. The van der Waals surface area contributed by atoms with Crippen molar-refractivity contribution in [1.29, 1.82) is 0 Å². The summed E-state index contributed by atoms with van der Waals surface area (Å²) in [6.07, 6.45) is 4.26. The molecule has 7 nitrogen and oxygen atoms in total. The smallest absolute Gasteiger partial charge is 0.249 e. The van der Waals surface area contributed by atoms with E-state index in [1.807, 2.05) is 50.2 Å². The van der Waals surface area contributed by atoms with E-state index in [1.54, 1.807) is 12.4 Å². The van der Waals surface area contributed by atoms with Crippen molar-refractivity contribution in [2.24, 2.45) is 5.92 Å². The van der Waals surface area contributed by atoms with Crippen molar-refractivity contribution in [3.05, 3.63) is 60.2 Å². The molecule has 1 unspecified atom stereocenters. The number of anilines is 1. The fourth-order valence-electron chi connectivity index (χ4n) is 2.74. The van der Waals surface area contributed by atoms with E-state index in [-0.39, 0.29) is 17.9 Å². The van der Waals surface area contributed by atoms with Crippen LogP contribution in [0.5, 0.6) is 0 Å². The van der Waals surface area contributed by atoms with Gasteiger partial charge in [0.1, 0.15) is 6.04 Å². The van der Waals surface area contributed by atoms with Gasteiger partial charge in [0.25, 0.3) is 0 Å². The molecule has 2 aromatic heterocycles. The second-order valence-electron chi connectivity index (χ2n) is 6.69. The lowest BCUT2D eigenvalue weighted by Gasteiger charge is -2.18. The van der Waals surface area contributed by atoms with Crippen LogP contribution in [0.4, 0.5) is 5.69 Å². The SMILES string of the molecule is CC(C)C(NC(=O)CCc1ccccc1N)c1nc(-c2cccnc2)no1. The van der Waals surface area contributed by atoms with Gasteiger partial charge in [0.2, 0.25) is 17.6 Å². The van der Waals surface area contributed by atoms with Crippen molar-refractivity contribution in [3.8, 4) is 11.4 Å². The molecule has 0 saturated heterocycles. The minimum Gasteiger partial charge on any atom is -0.399 e. The van der Waals surface area contributed by atoms with Crippen molar-refractivity contribution >= 4 is 11.6 Å². The number of hydrogen-bond acceptors (Lipinski definition) is 6. The molecule has 3 rings (SSSR count). The monoisotopic (exact) mass is 365 g/mol. The van der Waals surface area contributed by atoms with Crippen LogP contribution >= 0.6 is 0 Å². The fraction of sp³-hybridized carbons (Fsp3) is 0.300. The Bertz CT molecular complexity index is 892. The number of benzene rings is 1. The van der Waals surface area contributed by atoms with Crippen molar-refractivity contribution in [2.45, 2.75) is 32.7 Å². The Morgan fingerprint density at radius 3 is 2.74 bits per heavy atom. The van der Waals surface area contributed by atoms with Gasteiger partial charge in [-0.25, -0.2) is 0 Å². The number of hydrogen-bond donors (Lipinski definition) is 2. The summed E-state index contributed by atoms with van der Waals surface area (Å²) in [6, 6.07) is 10.9. The minimum absolute atomic E-state index is 0.0851. The average Bonchev–Trinajstić information content (AvgIpc) is 3.16. The Kier molecular flexibility index (Phi) is 5.80. The van der Waals surface area contributed by atoms with Crippen molar-refractivity contribution < 1.29 is 9.32 Å². The number of pyridine rings is 1. The van der Waals surface area contributed by atoms with Crippen molar-refractivity contribution in [3.63, 3.8) is 0 Å². The van der Waals surface area contributed by atoms with Gasteiger partial charge in [-0.2, -0.15) is 4.98 Å². The molecule has 1 atom stereocenters. The van der Waals surface area contributed by atoms with Crippen LogP contribution in [0.2, 0.25) is 0 Å². The lowest BCUT2D eigenvalue weighted by Crippen LogP contribution is -2.32. The van der Waals surface area contributed by atoms with E-state index in [0.717, 1.165) is 11.1 Å². The number of carbonyl (C=O) groups is 1. The number of nitrogen functional groups attached to an aromatic ring is 1. The molecule has 140 valence electrons. The Morgan fingerprint density at radius 2 is 2.04 bits per heavy atom. The van der Waals surface area contributed by atoms with Crippen LogP contribution in [-0.2, 0) is 11.2 Å². The number of nitrogens with two attached hydrogens (primary N) is 1. The predicted octanol–water partition coefficient (Wildman–Crippen LogP) is 3.16. The van der Waals surface area contributed by atoms with Gasteiger partial charge in [-0.15, -0.1) is 0 Å². The lowest BCUT2D eigenvalue weighted by molar-refractivity contribution is -0.122. The minimum atomic E-state index is -0.358. The maximum atomic E-state index is 12.4. The molecule has 3 aromatic rings. The highest BCUT2D eigenvalue weighted by molar-refractivity contribution is 5.76. The Hall–Kier alpha value is -3.22. The maximum Gasteiger partial charge on any atom is 0.249 e. The largest absolute Gasteiger partial charge is 0.399 e. The summed E-state index contributed by atoms with van der Waals surface area (Å²) >= 11 is 0. The van der Waals surface area contributed by atoms with Crippen LogP contribution in [0, 0.1) is 5.92 Å². The molecule has 2 heterocycles. The zero-order chi connectivity index (χ0) is 19.2. The number of nitrogens with one attached hydrogen (secondary N) is 1. The highest BCUT2D eigenvalue weighted by Gasteiger charge is 2.24. The summed E-state index contributed by atoms with van der Waals surface area (Å²) in [6.45, 7) is 3.99. The second kappa shape index (κ2) is 8.44. The molecule has 1 amide bonds. The first-order valence-corrected chi connectivity index (χ1v) is 8.91. The van der Waals surface area contributed by atoms with Gasteiger partial charge in [0.05, 0.1) is 0 Å². The summed E-state index contributed by atoms with van der Waals surface area (Å²) in [5.74, 6) is 0.850. The van der Waals surface area contributed by atoms with E-state index in [1.165, 1.54) is 0 Å². The molecule has 0 fully saturated rings. The van der Waals surface area contributed by atoms with Crippen LogP contribution in [-0.4, -0.2) is 21.0 Å². The summed E-state index contributed by atoms with van der Waals surface area (Å²) < 4.78 is 5.40. The molecule has 0 bridgehead atoms. The van der Waals surface area contributed by atoms with E-state index in [2.05, 4.69) is 20.4 Å². The average molecular weight is 365 g/mol. The summed E-state index contributed by atoms with van der Waals surface area (Å²) in [5, 5.41) is 7.00. The quantitative estimate of drug-likeness (QED) is 0.623. The number of nitrogens with zero attached hydrogens (tertiary/aromatic N) is 3. The lowest BCUT2D eigenvalue weighted by atomic mass is 10.0. The van der Waals surface area contributed by atoms with Gasteiger partial charge in [0, 0.05) is 30.1 Å². The Labute approximate surface area is 158 Å². The highest BCUT2D eigenvalue weighted by Crippen LogP contribution is 2.23. The molecular weight excluding hydrogens is 342 g/mol. The highest BCUT2D eigenvalue weighted by atomic mass is 16.5. The molecule has 0 aliphatic heterocycles. The molecule has 7 heteroatoms. The van der Waals surface area contributed by atoms with Crippen LogP contribution in [0.3, 0.4) is 0 Å². The zero-order valence-corrected chi connectivity index (χ0v) is 15.4. The molecular formula is C20H23N5O2. The Morgan fingerprint density at radius 1 is 1.22 bits per heavy atom. The zero-order valence-electron chi connectivity index (χ0n) is 15.4. The van der Waals surface area contributed by atoms with Crippen molar-refractivity contribution in [1.82, 2.24) is 20.4 Å². The predicted molar refractivity (Wildman–Crippen MR) is 102 cm³/mol. The van der Waals surface area contributed by atoms with E-state index in [9.17, 15) is 4.79 Å². The normalized spacial score (nSPS) is 12.1. The number of amides is 1. The first-order chi connectivity index (χ1) is 13.0. The number of rotatable bonds is 7. The standard InChI is InChI=1S/C20H23N5O2/c1-13(2)18(20-24-19(25-27-20)15-7-5-11-22-12-15)23-17(26)10-9-14-6-3-4-8-16(14)21/h3-8,11-13,18H,9-10,21H2,1-2H3,(H,23,26). The van der Waals surface area contributed by atoms with Gasteiger partial charge < -0.3 is 15.6 Å². The van der Waals surface area contributed by atoms with Gasteiger partial charge in [-0.3, -0.25) is 9.78 Å². The number of para-hydroxylation sites is 1. The molecule has 3 N–H and O–H groups in total. The summed E-state index contributed by atoms with van der Waals surface area (Å²) in [4.78, 5) is 20.9. The third-order valence-electron chi connectivity index (χ3n) is 4.29. The first-order valence-electron chi connectivity index (χ1n) is 8.91. The molecule has 0 radical (unpaired) electrons. The van der Waals surface area contributed by atoms with E-state index < -0.39 is 0 Å². The molecule has 27 heavy (non-hydrogen) atoms. The number of carbonyl (C=O) groups excluding carboxylic acids is 1. The Balaban J connectivity index is 1.66. The summed E-state index contributed by atoms with van der Waals surface area (Å²) in [5.41, 5.74) is 8.36. The topological polar surface area (TPSA) is 107 Å². The molecule has 0 saturated carbocycles. The van der Waals surface area contributed by atoms with E-state index in [0.29, 0.717) is 30.2 Å². The van der Waals surface area contributed by atoms with Crippen LogP contribution < -0.4 is 11.1 Å². The third kappa shape index (κ3) is 4.69. The fourth-order valence-corrected chi connectivity index (χ4v) is 2.74. The van der Waals surface area contributed by atoms with E-state index in [4.69, 9.17) is 10.3 Å². The van der Waals surface area contributed by atoms with Crippen LogP contribution in [0.25, 0.3) is 11.4 Å². The molecule has 1 aromatic carbocycles. The third-order valence-corrected chi connectivity index (χ3v) is 4.29. The molecule has 0 aliphatic carbocycles. The first kappa shape index (κ1) is 18.6. The molecule has 0 spiro atoms. The van der Waals surface area contributed by atoms with E-state index >= 15 is 0 Å².